The molecule has 2 aromatic carbocycles. The van der Waals surface area contributed by atoms with E-state index < -0.39 is 0 Å². The summed E-state index contributed by atoms with van der Waals surface area (Å²) in [5.41, 5.74) is 4.04. The van der Waals surface area contributed by atoms with Crippen LogP contribution in [-0.4, -0.2) is 32.4 Å². The molecule has 6 heteroatoms. The van der Waals surface area contributed by atoms with Gasteiger partial charge in [-0.05, 0) is 123 Å². The van der Waals surface area contributed by atoms with Crippen molar-refractivity contribution in [2.24, 2.45) is 0 Å². The summed E-state index contributed by atoms with van der Waals surface area (Å²) in [4.78, 5) is 8.55. The largest absolute Gasteiger partial charge is 0.393 e. The second-order valence-electron chi connectivity index (χ2n) is 10.1. The molecule has 2 aliphatic rings. The quantitative estimate of drug-likeness (QED) is 0.325. The summed E-state index contributed by atoms with van der Waals surface area (Å²) in [5, 5.41) is 20.9. The number of aliphatic hydroxyl groups is 2. The number of halogens is 2. The third kappa shape index (κ3) is 5.55. The van der Waals surface area contributed by atoms with Gasteiger partial charge in [0.15, 0.2) is 0 Å². The van der Waals surface area contributed by atoms with E-state index in [0.29, 0.717) is 11.8 Å². The fourth-order valence-electron chi connectivity index (χ4n) is 5.77. The van der Waals surface area contributed by atoms with Gasteiger partial charge in [0, 0.05) is 23.2 Å². The minimum atomic E-state index is -0.215. The zero-order valence-electron chi connectivity index (χ0n) is 20.3. The predicted octanol–water partition coefficient (Wildman–Crippen LogP) is 6.78. The van der Waals surface area contributed by atoms with Crippen LogP contribution in [0.25, 0.3) is 21.8 Å². The molecule has 188 valence electrons. The molecule has 0 atom stereocenters. The van der Waals surface area contributed by atoms with Gasteiger partial charge in [-0.3, -0.25) is 9.97 Å². The lowest BCUT2D eigenvalue weighted by Gasteiger charge is -2.26. The summed E-state index contributed by atoms with van der Waals surface area (Å²) in [6.45, 7) is 0. The highest BCUT2D eigenvalue weighted by atomic mass is 19.1. The summed E-state index contributed by atoms with van der Waals surface area (Å²) in [6, 6.07) is 13.5. The van der Waals surface area contributed by atoms with Crippen molar-refractivity contribution in [3.8, 4) is 0 Å². The number of aromatic nitrogens is 2. The molecular formula is C30H32F2N2O2. The van der Waals surface area contributed by atoms with Crippen LogP contribution in [0.3, 0.4) is 0 Å². The van der Waals surface area contributed by atoms with Gasteiger partial charge >= 0.3 is 0 Å². The van der Waals surface area contributed by atoms with Crippen LogP contribution in [0.15, 0.2) is 60.9 Å². The first-order chi connectivity index (χ1) is 17.5. The smallest absolute Gasteiger partial charge is 0.123 e. The second-order valence-corrected chi connectivity index (χ2v) is 10.1. The highest BCUT2D eigenvalue weighted by Crippen LogP contribution is 2.37. The van der Waals surface area contributed by atoms with E-state index in [1.54, 1.807) is 36.7 Å². The lowest BCUT2D eigenvalue weighted by Crippen LogP contribution is -2.17. The summed E-state index contributed by atoms with van der Waals surface area (Å²) in [7, 11) is 0. The monoisotopic (exact) mass is 490 g/mol. The molecule has 4 nitrogen and oxygen atoms in total. The fourth-order valence-corrected chi connectivity index (χ4v) is 5.77. The predicted molar refractivity (Wildman–Crippen MR) is 138 cm³/mol. The minimum Gasteiger partial charge on any atom is -0.393 e. The van der Waals surface area contributed by atoms with Gasteiger partial charge in [-0.2, -0.15) is 0 Å². The maximum Gasteiger partial charge on any atom is 0.123 e. The van der Waals surface area contributed by atoms with Gasteiger partial charge in [0.25, 0.3) is 0 Å². The molecule has 2 heterocycles. The average molecular weight is 491 g/mol. The van der Waals surface area contributed by atoms with Gasteiger partial charge in [-0.25, -0.2) is 8.78 Å². The molecule has 6 rings (SSSR count). The molecule has 2 saturated carbocycles. The number of benzene rings is 2. The van der Waals surface area contributed by atoms with E-state index in [1.807, 2.05) is 12.1 Å². The Hall–Kier alpha value is -2.96. The molecule has 0 amide bonds. The van der Waals surface area contributed by atoms with E-state index in [-0.39, 0.29) is 23.8 Å². The van der Waals surface area contributed by atoms with Crippen molar-refractivity contribution in [3.63, 3.8) is 0 Å². The average Bonchev–Trinajstić information content (AvgIpc) is 2.89. The molecule has 2 aromatic heterocycles. The Labute approximate surface area is 210 Å². The first-order valence-corrected chi connectivity index (χ1v) is 12.9. The topological polar surface area (TPSA) is 66.2 Å². The molecule has 2 aliphatic carbocycles. The van der Waals surface area contributed by atoms with Gasteiger partial charge in [0.05, 0.1) is 23.2 Å². The Bertz CT molecular complexity index is 1230. The van der Waals surface area contributed by atoms with Crippen LogP contribution in [-0.2, 0) is 0 Å². The van der Waals surface area contributed by atoms with Crippen LogP contribution in [0.5, 0.6) is 0 Å². The Morgan fingerprint density at radius 3 is 1.33 bits per heavy atom. The fraction of sp³-hybridized carbons (Fsp3) is 0.400. The molecule has 0 unspecified atom stereocenters. The number of hydrogen-bond donors (Lipinski definition) is 2. The Kier molecular flexibility index (Phi) is 7.54. The van der Waals surface area contributed by atoms with Crippen LogP contribution in [0.2, 0.25) is 0 Å². The van der Waals surface area contributed by atoms with Crippen molar-refractivity contribution < 1.29 is 19.0 Å². The van der Waals surface area contributed by atoms with E-state index in [4.69, 9.17) is 0 Å². The number of fused-ring (bicyclic) bond motifs is 2. The molecule has 2 N–H and O–H groups in total. The highest BCUT2D eigenvalue weighted by Gasteiger charge is 2.23. The number of pyridine rings is 2. The van der Waals surface area contributed by atoms with Gasteiger partial charge in [-0.1, -0.05) is 0 Å². The minimum absolute atomic E-state index is 0.161. The molecule has 0 saturated heterocycles. The SMILES string of the molecule is OC1CCC(c2ccnc3ccc(F)cc23)CC1.OC1CCC(c2ccnc3ccc(F)cc23)CC1. The molecule has 0 radical (unpaired) electrons. The third-order valence-corrected chi connectivity index (χ3v) is 7.75. The van der Waals surface area contributed by atoms with Crippen LogP contribution in [0.4, 0.5) is 8.78 Å². The van der Waals surface area contributed by atoms with Crippen molar-refractivity contribution in [3.05, 3.63) is 83.7 Å². The van der Waals surface area contributed by atoms with E-state index in [1.165, 1.54) is 23.3 Å². The standard InChI is InChI=1S/2C15H16FNO/c2*16-11-3-6-15-14(9-11)13(7-8-17-15)10-1-4-12(18)5-2-10/h2*3,6-10,12,18H,1-2,4-5H2. The van der Waals surface area contributed by atoms with Gasteiger partial charge in [-0.15, -0.1) is 0 Å². The summed E-state index contributed by atoms with van der Waals surface area (Å²) < 4.78 is 26.8. The first-order valence-electron chi connectivity index (χ1n) is 12.9. The summed E-state index contributed by atoms with van der Waals surface area (Å²) in [5.74, 6) is 0.404. The van der Waals surface area contributed by atoms with Crippen molar-refractivity contribution in [1.29, 1.82) is 0 Å². The maximum absolute atomic E-state index is 13.4. The zero-order chi connectivity index (χ0) is 25.1. The van der Waals surface area contributed by atoms with Crippen molar-refractivity contribution in [2.75, 3.05) is 0 Å². The van der Waals surface area contributed by atoms with Gasteiger partial charge in [0.1, 0.15) is 11.6 Å². The molecule has 36 heavy (non-hydrogen) atoms. The maximum atomic E-state index is 13.4. The van der Waals surface area contributed by atoms with Gasteiger partial charge in [0.2, 0.25) is 0 Å². The molecule has 0 aliphatic heterocycles. The van der Waals surface area contributed by atoms with Crippen molar-refractivity contribution >= 4 is 21.8 Å². The Morgan fingerprint density at radius 1 is 0.556 bits per heavy atom. The van der Waals surface area contributed by atoms with Crippen molar-refractivity contribution in [1.82, 2.24) is 9.97 Å². The Morgan fingerprint density at radius 2 is 0.944 bits per heavy atom. The summed E-state index contributed by atoms with van der Waals surface area (Å²) in [6.07, 6.45) is 10.5. The van der Waals surface area contributed by atoms with Crippen LogP contribution >= 0.6 is 0 Å². The lowest BCUT2D eigenvalue weighted by atomic mass is 9.81. The zero-order valence-corrected chi connectivity index (χ0v) is 20.3. The number of rotatable bonds is 2. The molecule has 4 aromatic rings. The normalized spacial score (nSPS) is 24.3. The molecular weight excluding hydrogens is 458 g/mol. The number of hydrogen-bond acceptors (Lipinski definition) is 4. The number of nitrogens with zero attached hydrogens (tertiary/aromatic N) is 2. The van der Waals surface area contributed by atoms with Crippen LogP contribution in [0.1, 0.15) is 74.3 Å². The first kappa shape index (κ1) is 24.7. The highest BCUT2D eigenvalue weighted by molar-refractivity contribution is 5.83. The van der Waals surface area contributed by atoms with Crippen LogP contribution < -0.4 is 0 Å². The van der Waals surface area contributed by atoms with Crippen molar-refractivity contribution in [2.45, 2.75) is 75.4 Å². The molecule has 0 spiro atoms. The second kappa shape index (κ2) is 11.0. The van der Waals surface area contributed by atoms with E-state index in [2.05, 4.69) is 9.97 Å². The molecule has 0 bridgehead atoms. The molecule has 2 fully saturated rings. The third-order valence-electron chi connectivity index (χ3n) is 7.75. The van der Waals surface area contributed by atoms with Gasteiger partial charge < -0.3 is 10.2 Å². The van der Waals surface area contributed by atoms with Crippen LogP contribution in [0, 0.1) is 11.6 Å². The van der Waals surface area contributed by atoms with E-state index >= 15 is 0 Å². The number of aliphatic hydroxyl groups excluding tert-OH is 2. The van der Waals surface area contributed by atoms with E-state index in [9.17, 15) is 19.0 Å². The van der Waals surface area contributed by atoms with E-state index in [0.717, 1.165) is 73.2 Å². The Balaban J connectivity index is 0.000000148. The summed E-state index contributed by atoms with van der Waals surface area (Å²) >= 11 is 0. The lowest BCUT2D eigenvalue weighted by molar-refractivity contribution is 0.122.